The minimum atomic E-state index is -0.248. The number of hydrogen-bond acceptors (Lipinski definition) is 8. The number of pyridine rings is 1. The van der Waals surface area contributed by atoms with Crippen LogP contribution in [0.5, 0.6) is 0 Å². The third kappa shape index (κ3) is 4.16. The number of nitrogens with zero attached hydrogens (tertiary/aromatic N) is 6. The number of aliphatic hydroxyl groups is 1. The van der Waals surface area contributed by atoms with Crippen LogP contribution in [0.4, 0.5) is 17.3 Å². The Morgan fingerprint density at radius 2 is 1.66 bits per heavy atom. The van der Waals surface area contributed by atoms with E-state index in [1.165, 1.54) is 31.6 Å². The molecule has 3 N–H and O–H groups in total. The van der Waals surface area contributed by atoms with Crippen molar-refractivity contribution in [1.29, 1.82) is 0 Å². The molecule has 6 fully saturated rings. The smallest absolute Gasteiger partial charge is 0.153 e. The first-order chi connectivity index (χ1) is 20.1. The van der Waals surface area contributed by atoms with Crippen molar-refractivity contribution in [3.8, 4) is 16.8 Å². The van der Waals surface area contributed by atoms with Gasteiger partial charge in [0.25, 0.3) is 0 Å². The summed E-state index contributed by atoms with van der Waals surface area (Å²) in [6.07, 6.45) is 11.7. The summed E-state index contributed by atoms with van der Waals surface area (Å²) in [5, 5.41) is 21.5. The maximum absolute atomic E-state index is 10.0. The van der Waals surface area contributed by atoms with E-state index < -0.39 is 0 Å². The monoisotopic (exact) mass is 550 g/mol. The highest BCUT2D eigenvalue weighted by atomic mass is 16.3. The zero-order chi connectivity index (χ0) is 27.7. The number of aryl methyl sites for hydroxylation is 1. The van der Waals surface area contributed by atoms with E-state index in [0.29, 0.717) is 5.82 Å². The van der Waals surface area contributed by atoms with Crippen molar-refractivity contribution in [2.24, 2.45) is 23.7 Å². The van der Waals surface area contributed by atoms with E-state index in [1.807, 2.05) is 24.1 Å². The van der Waals surface area contributed by atoms with Crippen LogP contribution in [0.15, 0.2) is 42.9 Å². The number of hydrogen-bond donors (Lipinski definition) is 3. The molecule has 6 aliphatic rings. The number of anilines is 3. The topological polar surface area (TPSA) is 104 Å². The van der Waals surface area contributed by atoms with Gasteiger partial charge in [-0.05, 0) is 86.5 Å². The molecule has 0 radical (unpaired) electrons. The van der Waals surface area contributed by atoms with Crippen molar-refractivity contribution in [1.82, 2.24) is 24.7 Å². The van der Waals surface area contributed by atoms with Gasteiger partial charge in [-0.1, -0.05) is 6.92 Å². The van der Waals surface area contributed by atoms with Crippen molar-refractivity contribution < 1.29 is 5.11 Å². The molecule has 4 bridgehead atoms. The van der Waals surface area contributed by atoms with Crippen molar-refractivity contribution >= 4 is 28.4 Å². The zero-order valence-electron chi connectivity index (χ0n) is 23.8. The van der Waals surface area contributed by atoms with Crippen LogP contribution >= 0.6 is 0 Å². The summed E-state index contributed by atoms with van der Waals surface area (Å²) < 4.78 is 1.93. The molecule has 9 nitrogen and oxygen atoms in total. The highest BCUT2D eigenvalue weighted by Gasteiger charge is 2.56. The van der Waals surface area contributed by atoms with Gasteiger partial charge in [-0.3, -0.25) is 0 Å². The number of aromatic nitrogens is 5. The maximum atomic E-state index is 10.0. The summed E-state index contributed by atoms with van der Waals surface area (Å²) in [4.78, 5) is 17.4. The molecule has 4 unspecified atom stereocenters. The lowest BCUT2D eigenvalue weighted by Gasteiger charge is -2.55. The first-order valence-corrected chi connectivity index (χ1v) is 15.3. The van der Waals surface area contributed by atoms with Gasteiger partial charge in [0.2, 0.25) is 0 Å². The number of aliphatic hydroxyl groups excluding tert-OH is 1. The van der Waals surface area contributed by atoms with Crippen LogP contribution in [0.1, 0.15) is 44.7 Å². The van der Waals surface area contributed by atoms with Crippen LogP contribution in [0.25, 0.3) is 27.8 Å². The molecule has 212 valence electrons. The number of benzene rings is 1. The molecule has 6 heterocycles. The van der Waals surface area contributed by atoms with Crippen molar-refractivity contribution in [2.75, 3.05) is 35.7 Å². The molecular weight excluding hydrogens is 512 g/mol. The molecule has 4 aromatic rings. The van der Waals surface area contributed by atoms with Gasteiger partial charge in [0.1, 0.15) is 16.9 Å². The minimum absolute atomic E-state index is 0.201. The van der Waals surface area contributed by atoms with Gasteiger partial charge in [0.05, 0.1) is 23.7 Å². The third-order valence-electron chi connectivity index (χ3n) is 10.3. The summed E-state index contributed by atoms with van der Waals surface area (Å²) >= 11 is 0. The fourth-order valence-electron chi connectivity index (χ4n) is 7.89. The molecule has 6 atom stereocenters. The van der Waals surface area contributed by atoms with E-state index in [0.717, 1.165) is 88.7 Å². The molecule has 10 rings (SSSR count). The van der Waals surface area contributed by atoms with Crippen LogP contribution in [-0.2, 0) is 6.42 Å². The van der Waals surface area contributed by atoms with E-state index in [9.17, 15) is 5.11 Å². The Hall–Kier alpha value is -3.72. The van der Waals surface area contributed by atoms with E-state index in [-0.39, 0.29) is 12.1 Å². The summed E-state index contributed by atoms with van der Waals surface area (Å²) in [5.41, 5.74) is 6.66. The Balaban J connectivity index is 1.10. The fraction of sp³-hybridized carbons (Fsp3) is 0.500. The molecule has 3 aliphatic carbocycles. The molecule has 3 saturated heterocycles. The lowest BCUT2D eigenvalue weighted by atomic mass is 9.49. The van der Waals surface area contributed by atoms with Gasteiger partial charge >= 0.3 is 0 Å². The Morgan fingerprint density at radius 3 is 2.32 bits per heavy atom. The average Bonchev–Trinajstić information content (AvgIpc) is 3.51. The Morgan fingerprint density at radius 1 is 0.902 bits per heavy atom. The largest absolute Gasteiger partial charge is 0.393 e. The van der Waals surface area contributed by atoms with Crippen molar-refractivity contribution in [3.05, 3.63) is 48.5 Å². The van der Waals surface area contributed by atoms with Crippen LogP contribution < -0.4 is 15.5 Å². The van der Waals surface area contributed by atoms with Gasteiger partial charge < -0.3 is 20.6 Å². The van der Waals surface area contributed by atoms with Crippen molar-refractivity contribution in [3.63, 3.8) is 0 Å². The van der Waals surface area contributed by atoms with Gasteiger partial charge in [0.15, 0.2) is 5.82 Å². The Labute approximate surface area is 240 Å². The van der Waals surface area contributed by atoms with Crippen LogP contribution in [0.2, 0.25) is 0 Å². The molecule has 1 aromatic carbocycles. The SMILES string of the molecule is CCc1nc2c(NC)ncc(-c3cnn(-c4ccc(N5CC6CC7C(CC67)C5)cc4)c3)c2nc1N[C@@H]1CC[C@H](O)C1. The Bertz CT molecular complexity index is 1580. The molecule has 9 heteroatoms. The molecule has 0 spiro atoms. The standard InChI is InChI=1S/C32H38N8O/c1-3-28-31(36-21-4-9-24(41)12-21)38-29-27(14-34-32(33-2)30(29)37-28)20-13-35-40(17-20)23-7-5-22(6-8-23)39-15-18-10-25-19(16-39)11-26(18)25/h5-8,13-14,17-19,21,24-26,41H,3-4,9-12,15-16H2,1-2H3,(H,33,34)(H,36,38)/t18?,19?,21-,24+,25?,26?/m1/s1. The Kier molecular flexibility index (Phi) is 5.91. The second kappa shape index (κ2) is 9.69. The first-order valence-electron chi connectivity index (χ1n) is 15.3. The maximum Gasteiger partial charge on any atom is 0.153 e. The lowest BCUT2D eigenvalue weighted by Crippen LogP contribution is -2.50. The molecule has 3 aliphatic heterocycles. The first kappa shape index (κ1) is 25.0. The van der Waals surface area contributed by atoms with Crippen molar-refractivity contribution in [2.45, 2.75) is 57.6 Å². The molecule has 41 heavy (non-hydrogen) atoms. The predicted molar refractivity (Wildman–Crippen MR) is 161 cm³/mol. The third-order valence-corrected chi connectivity index (χ3v) is 10.3. The lowest BCUT2D eigenvalue weighted by molar-refractivity contribution is -0.0599. The normalized spacial score (nSPS) is 28.2. The molecule has 3 saturated carbocycles. The zero-order valence-corrected chi connectivity index (χ0v) is 23.8. The summed E-state index contributed by atoms with van der Waals surface area (Å²) in [6.45, 7) is 4.52. The second-order valence-electron chi connectivity index (χ2n) is 12.6. The fourth-order valence-corrected chi connectivity index (χ4v) is 7.89. The second-order valence-corrected chi connectivity index (χ2v) is 12.6. The van der Waals surface area contributed by atoms with Crippen LogP contribution in [0.3, 0.4) is 0 Å². The van der Waals surface area contributed by atoms with Gasteiger partial charge in [-0.15, -0.1) is 0 Å². The highest BCUT2D eigenvalue weighted by Crippen LogP contribution is 2.60. The number of fused-ring (bicyclic) bond motifs is 1. The van der Waals surface area contributed by atoms with Gasteiger partial charge in [-0.2, -0.15) is 5.10 Å². The van der Waals surface area contributed by atoms with Crippen LogP contribution in [-0.4, -0.2) is 62.1 Å². The van der Waals surface area contributed by atoms with Gasteiger partial charge in [0, 0.05) is 55.4 Å². The highest BCUT2D eigenvalue weighted by molar-refractivity contribution is 5.97. The predicted octanol–water partition coefficient (Wildman–Crippen LogP) is 4.90. The summed E-state index contributed by atoms with van der Waals surface area (Å²) in [7, 11) is 1.86. The molecule has 3 aromatic heterocycles. The van der Waals surface area contributed by atoms with E-state index >= 15 is 0 Å². The van der Waals surface area contributed by atoms with E-state index in [4.69, 9.17) is 15.1 Å². The minimum Gasteiger partial charge on any atom is -0.393 e. The quantitative estimate of drug-likeness (QED) is 0.299. The van der Waals surface area contributed by atoms with E-state index in [2.05, 4.69) is 57.9 Å². The number of rotatable bonds is 7. The average molecular weight is 551 g/mol. The van der Waals surface area contributed by atoms with E-state index in [1.54, 1.807) is 0 Å². The molecule has 0 amide bonds. The van der Waals surface area contributed by atoms with Gasteiger partial charge in [-0.25, -0.2) is 19.6 Å². The number of nitrogens with one attached hydrogen (secondary N) is 2. The summed E-state index contributed by atoms with van der Waals surface area (Å²) in [5.74, 6) is 5.34. The summed E-state index contributed by atoms with van der Waals surface area (Å²) in [6, 6.07) is 9.07. The molecular formula is C32H38N8O. The van der Waals surface area contributed by atoms with Crippen LogP contribution in [0, 0.1) is 23.7 Å².